The van der Waals surface area contributed by atoms with Gasteiger partial charge in [0.2, 0.25) is 10.0 Å². The first-order valence-corrected chi connectivity index (χ1v) is 9.16. The van der Waals surface area contributed by atoms with E-state index in [1.807, 2.05) is 39.8 Å². The molecule has 1 aromatic rings. The molecule has 6 nitrogen and oxygen atoms in total. The Hall–Kier alpha value is -1.60. The van der Waals surface area contributed by atoms with Crippen molar-refractivity contribution in [1.29, 1.82) is 0 Å². The smallest absolute Gasteiger partial charge is 0.243 e. The van der Waals surface area contributed by atoms with E-state index < -0.39 is 10.0 Å². The summed E-state index contributed by atoms with van der Waals surface area (Å²) < 4.78 is 26.2. The summed E-state index contributed by atoms with van der Waals surface area (Å²) in [5, 5.41) is 6.39. The largest absolute Gasteiger partial charge is 0.354 e. The number of sulfonamides is 1. The SMILES string of the molecule is CN=C(NCc1ccc(S(=O)(=O)N(C)C(C)C)cc1)NC(C)C. The van der Waals surface area contributed by atoms with Gasteiger partial charge in [0.25, 0.3) is 0 Å². The van der Waals surface area contributed by atoms with Gasteiger partial charge in [0.05, 0.1) is 4.90 Å². The number of nitrogens with zero attached hydrogens (tertiary/aromatic N) is 2. The Kier molecular flexibility index (Phi) is 7.02. The molecule has 0 aromatic heterocycles. The van der Waals surface area contributed by atoms with Crippen molar-refractivity contribution in [2.45, 2.75) is 51.2 Å². The van der Waals surface area contributed by atoms with Gasteiger partial charge in [-0.1, -0.05) is 12.1 Å². The van der Waals surface area contributed by atoms with Crippen LogP contribution < -0.4 is 10.6 Å². The first-order chi connectivity index (χ1) is 10.7. The van der Waals surface area contributed by atoms with E-state index in [0.717, 1.165) is 11.5 Å². The molecule has 0 bridgehead atoms. The van der Waals surface area contributed by atoms with Gasteiger partial charge in [0.15, 0.2) is 5.96 Å². The van der Waals surface area contributed by atoms with Gasteiger partial charge < -0.3 is 10.6 Å². The molecule has 0 aliphatic heterocycles. The van der Waals surface area contributed by atoms with Crippen LogP contribution in [-0.4, -0.2) is 44.9 Å². The molecule has 1 rings (SSSR count). The van der Waals surface area contributed by atoms with Crippen molar-refractivity contribution < 1.29 is 8.42 Å². The zero-order valence-electron chi connectivity index (χ0n) is 14.8. The zero-order chi connectivity index (χ0) is 17.6. The predicted molar refractivity (Wildman–Crippen MR) is 95.0 cm³/mol. The van der Waals surface area contributed by atoms with Crippen LogP contribution in [0.1, 0.15) is 33.3 Å². The fourth-order valence-corrected chi connectivity index (χ4v) is 3.24. The van der Waals surface area contributed by atoms with Crippen LogP contribution in [0.4, 0.5) is 0 Å². The maximum atomic E-state index is 12.4. The highest BCUT2D eigenvalue weighted by molar-refractivity contribution is 7.89. The number of nitrogens with one attached hydrogen (secondary N) is 2. The van der Waals surface area contributed by atoms with Gasteiger partial charge in [0, 0.05) is 32.7 Å². The molecule has 0 amide bonds. The number of guanidine groups is 1. The molecule has 23 heavy (non-hydrogen) atoms. The Labute approximate surface area is 140 Å². The lowest BCUT2D eigenvalue weighted by atomic mass is 10.2. The molecule has 0 aliphatic rings. The van der Waals surface area contributed by atoms with Crippen LogP contribution in [0.3, 0.4) is 0 Å². The quantitative estimate of drug-likeness (QED) is 0.612. The summed E-state index contributed by atoms with van der Waals surface area (Å²) in [6.07, 6.45) is 0. The van der Waals surface area contributed by atoms with Crippen LogP contribution in [0.5, 0.6) is 0 Å². The van der Waals surface area contributed by atoms with Gasteiger partial charge in [-0.3, -0.25) is 4.99 Å². The van der Waals surface area contributed by atoms with E-state index in [-0.39, 0.29) is 6.04 Å². The maximum absolute atomic E-state index is 12.4. The summed E-state index contributed by atoms with van der Waals surface area (Å²) in [6.45, 7) is 8.36. The van der Waals surface area contributed by atoms with Crippen molar-refractivity contribution in [2.24, 2.45) is 4.99 Å². The summed E-state index contributed by atoms with van der Waals surface area (Å²) >= 11 is 0. The minimum atomic E-state index is -3.43. The van der Waals surface area contributed by atoms with Crippen LogP contribution in [0.2, 0.25) is 0 Å². The van der Waals surface area contributed by atoms with E-state index in [0.29, 0.717) is 17.5 Å². The topological polar surface area (TPSA) is 73.8 Å². The molecule has 7 heteroatoms. The van der Waals surface area contributed by atoms with Gasteiger partial charge >= 0.3 is 0 Å². The fraction of sp³-hybridized carbons (Fsp3) is 0.562. The summed E-state index contributed by atoms with van der Waals surface area (Å²) in [5.41, 5.74) is 0.989. The molecule has 0 radical (unpaired) electrons. The van der Waals surface area contributed by atoms with Gasteiger partial charge in [0.1, 0.15) is 0 Å². The normalized spacial score (nSPS) is 13.0. The van der Waals surface area contributed by atoms with E-state index in [9.17, 15) is 8.42 Å². The molecule has 0 saturated carbocycles. The van der Waals surface area contributed by atoms with Gasteiger partial charge in [-0.2, -0.15) is 4.31 Å². The lowest BCUT2D eigenvalue weighted by molar-refractivity contribution is 0.410. The second-order valence-corrected chi connectivity index (χ2v) is 7.98. The minimum Gasteiger partial charge on any atom is -0.354 e. The van der Waals surface area contributed by atoms with E-state index in [2.05, 4.69) is 15.6 Å². The lowest BCUT2D eigenvalue weighted by Gasteiger charge is -2.21. The Morgan fingerprint density at radius 2 is 1.74 bits per heavy atom. The number of hydrogen-bond donors (Lipinski definition) is 2. The Morgan fingerprint density at radius 3 is 2.17 bits per heavy atom. The van der Waals surface area contributed by atoms with Crippen molar-refractivity contribution in [3.05, 3.63) is 29.8 Å². The van der Waals surface area contributed by atoms with Crippen molar-refractivity contribution in [1.82, 2.24) is 14.9 Å². The average Bonchev–Trinajstić information content (AvgIpc) is 2.50. The Morgan fingerprint density at radius 1 is 1.17 bits per heavy atom. The molecule has 0 spiro atoms. The molecule has 0 saturated heterocycles. The number of rotatable bonds is 6. The molecule has 1 aromatic carbocycles. The van der Waals surface area contributed by atoms with Crippen LogP contribution >= 0.6 is 0 Å². The van der Waals surface area contributed by atoms with Crippen molar-refractivity contribution in [3.8, 4) is 0 Å². The summed E-state index contributed by atoms with van der Waals surface area (Å²) in [5.74, 6) is 0.719. The standard InChI is InChI=1S/C16H28N4O2S/c1-12(2)19-16(17-5)18-11-14-7-9-15(10-8-14)23(21,22)20(6)13(3)4/h7-10,12-13H,11H2,1-6H3,(H2,17,18,19). The fourth-order valence-electron chi connectivity index (χ4n) is 1.88. The Balaban J connectivity index is 2.78. The average molecular weight is 340 g/mol. The predicted octanol–water partition coefficient (Wildman–Crippen LogP) is 1.79. The summed E-state index contributed by atoms with van der Waals surface area (Å²) in [4.78, 5) is 4.44. The minimum absolute atomic E-state index is 0.0771. The maximum Gasteiger partial charge on any atom is 0.243 e. The van der Waals surface area contributed by atoms with E-state index >= 15 is 0 Å². The zero-order valence-corrected chi connectivity index (χ0v) is 15.6. The lowest BCUT2D eigenvalue weighted by Crippen LogP contribution is -2.40. The van der Waals surface area contributed by atoms with Gasteiger partial charge in [-0.05, 0) is 45.4 Å². The Bertz CT molecular complexity index is 622. The van der Waals surface area contributed by atoms with Crippen LogP contribution in [0.25, 0.3) is 0 Å². The third kappa shape index (κ3) is 5.51. The molecule has 0 fully saturated rings. The van der Waals surface area contributed by atoms with Crippen molar-refractivity contribution >= 4 is 16.0 Å². The number of hydrogen-bond acceptors (Lipinski definition) is 3. The molecule has 0 atom stereocenters. The molecular formula is C16H28N4O2S. The first-order valence-electron chi connectivity index (χ1n) is 7.72. The monoisotopic (exact) mass is 340 g/mol. The molecule has 2 N–H and O–H groups in total. The van der Waals surface area contributed by atoms with E-state index in [1.165, 1.54) is 4.31 Å². The van der Waals surface area contributed by atoms with Crippen LogP contribution in [0, 0.1) is 0 Å². The van der Waals surface area contributed by atoms with Crippen molar-refractivity contribution in [3.63, 3.8) is 0 Å². The molecule has 0 heterocycles. The van der Waals surface area contributed by atoms with Gasteiger partial charge in [-0.25, -0.2) is 8.42 Å². The first kappa shape index (κ1) is 19.4. The van der Waals surface area contributed by atoms with Crippen LogP contribution in [-0.2, 0) is 16.6 Å². The summed E-state index contributed by atoms with van der Waals surface area (Å²) in [6, 6.07) is 7.13. The molecule has 0 aliphatic carbocycles. The highest BCUT2D eigenvalue weighted by Gasteiger charge is 2.22. The second-order valence-electron chi connectivity index (χ2n) is 5.98. The molecule has 130 valence electrons. The van der Waals surface area contributed by atoms with E-state index in [4.69, 9.17) is 0 Å². The van der Waals surface area contributed by atoms with E-state index in [1.54, 1.807) is 26.2 Å². The number of benzene rings is 1. The third-order valence-electron chi connectivity index (χ3n) is 3.44. The molecule has 0 unspecified atom stereocenters. The van der Waals surface area contributed by atoms with Crippen molar-refractivity contribution in [2.75, 3.05) is 14.1 Å². The molecular weight excluding hydrogens is 312 g/mol. The van der Waals surface area contributed by atoms with Gasteiger partial charge in [-0.15, -0.1) is 0 Å². The third-order valence-corrected chi connectivity index (χ3v) is 5.48. The highest BCUT2D eigenvalue weighted by Crippen LogP contribution is 2.17. The second kappa shape index (κ2) is 8.31. The number of aliphatic imine (C=N–C) groups is 1. The summed E-state index contributed by atoms with van der Waals surface area (Å²) in [7, 11) is -0.118. The highest BCUT2D eigenvalue weighted by atomic mass is 32.2. The van der Waals surface area contributed by atoms with Crippen LogP contribution in [0.15, 0.2) is 34.2 Å².